The van der Waals surface area contributed by atoms with E-state index in [-0.39, 0.29) is 23.3 Å². The highest BCUT2D eigenvalue weighted by molar-refractivity contribution is 5.77. The first-order valence-electron chi connectivity index (χ1n) is 7.30. The Balaban J connectivity index is 1.80. The van der Waals surface area contributed by atoms with E-state index in [1.54, 1.807) is 12.1 Å². The van der Waals surface area contributed by atoms with E-state index in [0.717, 1.165) is 31.2 Å². The molecule has 4 heteroatoms. The number of hydrogen-bond acceptors (Lipinski definition) is 2. The molecule has 110 valence electrons. The third-order valence-corrected chi connectivity index (χ3v) is 3.97. The minimum Gasteiger partial charge on any atom is -0.353 e. The summed E-state index contributed by atoms with van der Waals surface area (Å²) in [5.41, 5.74) is 6.91. The van der Waals surface area contributed by atoms with E-state index in [2.05, 4.69) is 5.32 Å². The molecular formula is C16H23FN2O. The van der Waals surface area contributed by atoms with Gasteiger partial charge in [-0.25, -0.2) is 4.39 Å². The van der Waals surface area contributed by atoms with Gasteiger partial charge in [-0.15, -0.1) is 0 Å². The Morgan fingerprint density at radius 3 is 2.55 bits per heavy atom. The Hall–Kier alpha value is -1.42. The first-order chi connectivity index (χ1) is 9.47. The molecule has 1 aromatic carbocycles. The van der Waals surface area contributed by atoms with Crippen molar-refractivity contribution in [2.45, 2.75) is 57.0 Å². The van der Waals surface area contributed by atoms with Gasteiger partial charge in [0, 0.05) is 18.0 Å². The SMILES string of the molecule is CC(Cc1ccc(F)cc1)NC(=O)CC1(N)CCCC1. The second-order valence-corrected chi connectivity index (χ2v) is 6.05. The second kappa shape index (κ2) is 6.35. The molecule has 1 unspecified atom stereocenters. The van der Waals surface area contributed by atoms with E-state index >= 15 is 0 Å². The lowest BCUT2D eigenvalue weighted by atomic mass is 9.94. The number of nitrogens with two attached hydrogens (primary N) is 1. The number of rotatable bonds is 5. The van der Waals surface area contributed by atoms with Crippen molar-refractivity contribution in [1.29, 1.82) is 0 Å². The first kappa shape index (κ1) is 15.0. The zero-order chi connectivity index (χ0) is 14.6. The molecule has 0 aromatic heterocycles. The average molecular weight is 278 g/mol. The maximum Gasteiger partial charge on any atom is 0.222 e. The minimum absolute atomic E-state index is 0.0176. The van der Waals surface area contributed by atoms with E-state index < -0.39 is 0 Å². The molecule has 1 aliphatic carbocycles. The van der Waals surface area contributed by atoms with Crippen LogP contribution in [-0.2, 0) is 11.2 Å². The zero-order valence-electron chi connectivity index (χ0n) is 12.0. The van der Waals surface area contributed by atoms with Crippen molar-refractivity contribution >= 4 is 5.91 Å². The summed E-state index contributed by atoms with van der Waals surface area (Å²) in [4.78, 5) is 12.0. The predicted octanol–water partition coefficient (Wildman–Crippen LogP) is 2.53. The molecule has 1 aliphatic rings. The standard InChI is InChI=1S/C16H23FN2O/c1-12(10-13-4-6-14(17)7-5-13)19-15(20)11-16(18)8-2-3-9-16/h4-7,12H,2-3,8-11,18H2,1H3,(H,19,20). The molecule has 3 nitrogen and oxygen atoms in total. The lowest BCUT2D eigenvalue weighted by Crippen LogP contribution is -2.44. The van der Waals surface area contributed by atoms with E-state index in [4.69, 9.17) is 5.73 Å². The largest absolute Gasteiger partial charge is 0.353 e. The summed E-state index contributed by atoms with van der Waals surface area (Å²) in [7, 11) is 0. The van der Waals surface area contributed by atoms with Crippen LogP contribution in [0.3, 0.4) is 0 Å². The van der Waals surface area contributed by atoms with Gasteiger partial charge < -0.3 is 11.1 Å². The van der Waals surface area contributed by atoms with Crippen LogP contribution in [0.2, 0.25) is 0 Å². The third-order valence-electron chi connectivity index (χ3n) is 3.97. The molecular weight excluding hydrogens is 255 g/mol. The Labute approximate surface area is 119 Å². The summed E-state index contributed by atoms with van der Waals surface area (Å²) in [5, 5.41) is 2.98. The average Bonchev–Trinajstić information content (AvgIpc) is 2.78. The summed E-state index contributed by atoms with van der Waals surface area (Å²) in [6.45, 7) is 1.96. The molecule has 1 saturated carbocycles. The van der Waals surface area contributed by atoms with Gasteiger partial charge in [0.2, 0.25) is 5.91 Å². The molecule has 0 aliphatic heterocycles. The van der Waals surface area contributed by atoms with Crippen LogP contribution in [0.4, 0.5) is 4.39 Å². The van der Waals surface area contributed by atoms with Gasteiger partial charge in [-0.1, -0.05) is 25.0 Å². The number of halogens is 1. The van der Waals surface area contributed by atoms with Gasteiger partial charge in [-0.3, -0.25) is 4.79 Å². The quantitative estimate of drug-likeness (QED) is 0.869. The number of benzene rings is 1. The van der Waals surface area contributed by atoms with Crippen LogP contribution in [0.5, 0.6) is 0 Å². The van der Waals surface area contributed by atoms with Crippen molar-refractivity contribution in [3.63, 3.8) is 0 Å². The summed E-state index contributed by atoms with van der Waals surface area (Å²) < 4.78 is 12.8. The molecule has 0 spiro atoms. The molecule has 3 N–H and O–H groups in total. The molecule has 1 amide bonds. The van der Waals surface area contributed by atoms with E-state index in [9.17, 15) is 9.18 Å². The monoisotopic (exact) mass is 278 g/mol. The number of carbonyl (C=O) groups excluding carboxylic acids is 1. The fraction of sp³-hybridized carbons (Fsp3) is 0.562. The molecule has 20 heavy (non-hydrogen) atoms. The molecule has 1 aromatic rings. The normalized spacial score (nSPS) is 18.8. The smallest absolute Gasteiger partial charge is 0.222 e. The highest BCUT2D eigenvalue weighted by atomic mass is 19.1. The molecule has 0 heterocycles. The van der Waals surface area contributed by atoms with Crippen LogP contribution >= 0.6 is 0 Å². The highest BCUT2D eigenvalue weighted by Crippen LogP contribution is 2.29. The van der Waals surface area contributed by atoms with E-state index in [0.29, 0.717) is 12.8 Å². The van der Waals surface area contributed by atoms with Gasteiger partial charge in [0.15, 0.2) is 0 Å². The van der Waals surface area contributed by atoms with Crippen molar-refractivity contribution in [2.24, 2.45) is 5.73 Å². The van der Waals surface area contributed by atoms with Gasteiger partial charge in [0.25, 0.3) is 0 Å². The van der Waals surface area contributed by atoms with Crippen LogP contribution in [0.1, 0.15) is 44.6 Å². The van der Waals surface area contributed by atoms with Crippen molar-refractivity contribution < 1.29 is 9.18 Å². The van der Waals surface area contributed by atoms with E-state index in [1.165, 1.54) is 12.1 Å². The minimum atomic E-state index is -0.306. The van der Waals surface area contributed by atoms with Crippen molar-refractivity contribution in [1.82, 2.24) is 5.32 Å². The molecule has 2 rings (SSSR count). The van der Waals surface area contributed by atoms with Crippen molar-refractivity contribution in [3.8, 4) is 0 Å². The Kier molecular flexibility index (Phi) is 4.76. The summed E-state index contributed by atoms with van der Waals surface area (Å²) >= 11 is 0. The van der Waals surface area contributed by atoms with Gasteiger partial charge >= 0.3 is 0 Å². The predicted molar refractivity (Wildman–Crippen MR) is 77.7 cm³/mol. The second-order valence-electron chi connectivity index (χ2n) is 6.05. The van der Waals surface area contributed by atoms with Crippen LogP contribution in [0, 0.1) is 5.82 Å². The lowest BCUT2D eigenvalue weighted by molar-refractivity contribution is -0.122. The summed E-state index contributed by atoms with van der Waals surface area (Å²) in [6, 6.07) is 6.41. The van der Waals surface area contributed by atoms with Crippen LogP contribution in [-0.4, -0.2) is 17.5 Å². The van der Waals surface area contributed by atoms with Crippen molar-refractivity contribution in [3.05, 3.63) is 35.6 Å². The maximum atomic E-state index is 12.8. The van der Waals surface area contributed by atoms with Crippen LogP contribution in [0.15, 0.2) is 24.3 Å². The molecule has 0 saturated heterocycles. The topological polar surface area (TPSA) is 55.1 Å². The van der Waals surface area contributed by atoms with Gasteiger partial charge in [-0.05, 0) is 43.9 Å². The fourth-order valence-corrected chi connectivity index (χ4v) is 2.93. The van der Waals surface area contributed by atoms with Crippen LogP contribution < -0.4 is 11.1 Å². The molecule has 0 bridgehead atoms. The number of hydrogen-bond donors (Lipinski definition) is 2. The summed E-state index contributed by atoms with van der Waals surface area (Å²) in [6.07, 6.45) is 5.22. The van der Waals surface area contributed by atoms with Gasteiger partial charge in [0.1, 0.15) is 5.82 Å². The number of amides is 1. The summed E-state index contributed by atoms with van der Waals surface area (Å²) in [5.74, 6) is -0.222. The molecule has 1 atom stereocenters. The Morgan fingerprint density at radius 2 is 1.95 bits per heavy atom. The number of carbonyl (C=O) groups is 1. The van der Waals surface area contributed by atoms with Gasteiger partial charge in [0.05, 0.1) is 0 Å². The third kappa shape index (κ3) is 4.30. The van der Waals surface area contributed by atoms with Gasteiger partial charge in [-0.2, -0.15) is 0 Å². The maximum absolute atomic E-state index is 12.8. The number of nitrogens with one attached hydrogen (secondary N) is 1. The Morgan fingerprint density at radius 1 is 1.35 bits per heavy atom. The fourth-order valence-electron chi connectivity index (χ4n) is 2.93. The lowest BCUT2D eigenvalue weighted by Gasteiger charge is -2.24. The van der Waals surface area contributed by atoms with Crippen molar-refractivity contribution in [2.75, 3.05) is 0 Å². The highest BCUT2D eigenvalue weighted by Gasteiger charge is 2.31. The van der Waals surface area contributed by atoms with E-state index in [1.807, 2.05) is 6.92 Å². The van der Waals surface area contributed by atoms with Crippen LogP contribution in [0.25, 0.3) is 0 Å². The molecule has 0 radical (unpaired) electrons. The first-order valence-corrected chi connectivity index (χ1v) is 7.30. The zero-order valence-corrected chi connectivity index (χ0v) is 12.0. The molecule has 1 fully saturated rings. The Bertz CT molecular complexity index is 452.